The Balaban J connectivity index is 1.78. The van der Waals surface area contributed by atoms with Crippen LogP contribution in [0.5, 0.6) is 0 Å². The number of rotatable bonds is 5. The predicted octanol–water partition coefficient (Wildman–Crippen LogP) is 3.90. The van der Waals surface area contributed by atoms with Gasteiger partial charge in [-0.15, -0.1) is 0 Å². The third-order valence-electron chi connectivity index (χ3n) is 4.96. The van der Waals surface area contributed by atoms with E-state index in [9.17, 15) is 14.4 Å². The third kappa shape index (κ3) is 3.65. The number of aryl methyl sites for hydroxylation is 1. The number of aromatic nitrogens is 1. The van der Waals surface area contributed by atoms with Gasteiger partial charge >= 0.3 is 0 Å². The fourth-order valence-electron chi connectivity index (χ4n) is 3.60. The molecule has 1 aliphatic heterocycles. The fourth-order valence-corrected chi connectivity index (χ4v) is 3.86. The number of carbonyl (C=O) groups is 3. The van der Waals surface area contributed by atoms with Crippen molar-refractivity contribution in [1.29, 1.82) is 0 Å². The van der Waals surface area contributed by atoms with Crippen molar-refractivity contribution in [2.75, 3.05) is 0 Å². The van der Waals surface area contributed by atoms with Gasteiger partial charge in [-0.3, -0.25) is 19.4 Å². The van der Waals surface area contributed by atoms with Crippen LogP contribution in [0.3, 0.4) is 0 Å². The molecule has 29 heavy (non-hydrogen) atoms. The zero-order chi connectivity index (χ0) is 20.5. The molecule has 1 amide bonds. The molecule has 1 aliphatic rings. The SMILES string of the molecule is Cc1ccc(C(=O)C2C(=O)C(=O)N(Cc3cccnc3)C2c2ccc(Br)cc2)o1. The number of ketones is 2. The number of hydrogen-bond acceptors (Lipinski definition) is 5. The molecule has 3 heterocycles. The Hall–Kier alpha value is -3.06. The molecule has 2 atom stereocenters. The maximum absolute atomic E-state index is 13.1. The van der Waals surface area contributed by atoms with Crippen LogP contribution in [0.4, 0.5) is 0 Å². The van der Waals surface area contributed by atoms with E-state index in [1.165, 1.54) is 11.0 Å². The van der Waals surface area contributed by atoms with Gasteiger partial charge in [0.1, 0.15) is 11.7 Å². The van der Waals surface area contributed by atoms with Crippen LogP contribution < -0.4 is 0 Å². The van der Waals surface area contributed by atoms with Gasteiger partial charge < -0.3 is 9.32 Å². The van der Waals surface area contributed by atoms with Crippen LogP contribution in [0.25, 0.3) is 0 Å². The van der Waals surface area contributed by atoms with Gasteiger partial charge in [0, 0.05) is 23.4 Å². The molecule has 146 valence electrons. The number of halogens is 1. The van der Waals surface area contributed by atoms with E-state index >= 15 is 0 Å². The van der Waals surface area contributed by atoms with E-state index in [0.717, 1.165) is 10.0 Å². The van der Waals surface area contributed by atoms with Crippen LogP contribution in [-0.2, 0) is 16.1 Å². The zero-order valence-corrected chi connectivity index (χ0v) is 17.1. The lowest BCUT2D eigenvalue weighted by Crippen LogP contribution is -2.30. The van der Waals surface area contributed by atoms with E-state index in [1.54, 1.807) is 31.5 Å². The lowest BCUT2D eigenvalue weighted by Gasteiger charge is -2.27. The maximum atomic E-state index is 13.1. The highest BCUT2D eigenvalue weighted by molar-refractivity contribution is 9.10. The first-order valence-corrected chi connectivity index (χ1v) is 9.85. The molecule has 0 bridgehead atoms. The van der Waals surface area contributed by atoms with Gasteiger partial charge in [-0.05, 0) is 48.4 Å². The molecule has 0 aliphatic carbocycles. The first-order chi connectivity index (χ1) is 14.0. The number of likely N-dealkylation sites (tertiary alicyclic amines) is 1. The number of nitrogens with zero attached hydrogens (tertiary/aromatic N) is 2. The van der Waals surface area contributed by atoms with Crippen molar-refractivity contribution in [3.63, 3.8) is 0 Å². The van der Waals surface area contributed by atoms with Crippen molar-refractivity contribution in [3.8, 4) is 0 Å². The van der Waals surface area contributed by atoms with Gasteiger partial charge in [0.2, 0.25) is 11.6 Å². The summed E-state index contributed by atoms with van der Waals surface area (Å²) in [5.41, 5.74) is 1.48. The minimum absolute atomic E-state index is 0.0824. The van der Waals surface area contributed by atoms with E-state index in [-0.39, 0.29) is 12.3 Å². The average Bonchev–Trinajstić information content (AvgIpc) is 3.26. The molecule has 4 rings (SSSR count). The minimum Gasteiger partial charge on any atom is -0.458 e. The summed E-state index contributed by atoms with van der Waals surface area (Å²) in [6, 6.07) is 13.3. The Bertz CT molecular complexity index is 1080. The van der Waals surface area contributed by atoms with Crippen LogP contribution in [0.2, 0.25) is 0 Å². The average molecular weight is 453 g/mol. The number of hydrogen-bond donors (Lipinski definition) is 0. The molecule has 6 nitrogen and oxygen atoms in total. The summed E-state index contributed by atoms with van der Waals surface area (Å²) in [7, 11) is 0. The summed E-state index contributed by atoms with van der Waals surface area (Å²) in [5.74, 6) is -2.40. The van der Waals surface area contributed by atoms with Crippen LogP contribution in [-0.4, -0.2) is 27.4 Å². The number of benzene rings is 1. The number of pyridine rings is 1. The molecular formula is C22H17BrN2O4. The second-order valence-electron chi connectivity index (χ2n) is 6.91. The number of Topliss-reactive ketones (excluding diaryl/α,β-unsaturated/α-hetero) is 2. The van der Waals surface area contributed by atoms with Gasteiger partial charge in [-0.2, -0.15) is 0 Å². The van der Waals surface area contributed by atoms with Crippen LogP contribution in [0.15, 0.2) is 69.8 Å². The van der Waals surface area contributed by atoms with E-state index in [1.807, 2.05) is 30.3 Å². The molecule has 0 radical (unpaired) electrons. The Kier molecular flexibility index (Phi) is 5.15. The zero-order valence-electron chi connectivity index (χ0n) is 15.5. The smallest absolute Gasteiger partial charge is 0.291 e. The Morgan fingerprint density at radius 1 is 1.14 bits per heavy atom. The first-order valence-electron chi connectivity index (χ1n) is 9.05. The molecule has 3 aromatic rings. The van der Waals surface area contributed by atoms with Crippen LogP contribution in [0.1, 0.15) is 33.5 Å². The van der Waals surface area contributed by atoms with Gasteiger partial charge in [-0.25, -0.2) is 0 Å². The van der Waals surface area contributed by atoms with Crippen molar-refractivity contribution in [3.05, 3.63) is 88.0 Å². The van der Waals surface area contributed by atoms with Crippen molar-refractivity contribution in [2.24, 2.45) is 5.92 Å². The lowest BCUT2D eigenvalue weighted by molar-refractivity contribution is -0.141. The molecular weight excluding hydrogens is 436 g/mol. The first kappa shape index (κ1) is 19.3. The van der Waals surface area contributed by atoms with Crippen LogP contribution >= 0.6 is 15.9 Å². The maximum Gasteiger partial charge on any atom is 0.291 e. The topological polar surface area (TPSA) is 80.5 Å². The van der Waals surface area contributed by atoms with Crippen molar-refractivity contribution >= 4 is 33.4 Å². The second kappa shape index (κ2) is 7.75. The van der Waals surface area contributed by atoms with E-state index in [4.69, 9.17) is 4.42 Å². The van der Waals surface area contributed by atoms with E-state index in [0.29, 0.717) is 11.3 Å². The fraction of sp³-hybridized carbons (Fsp3) is 0.182. The monoisotopic (exact) mass is 452 g/mol. The highest BCUT2D eigenvalue weighted by Crippen LogP contribution is 2.39. The van der Waals surface area contributed by atoms with Crippen molar-refractivity contribution < 1.29 is 18.8 Å². The largest absolute Gasteiger partial charge is 0.458 e. The standard InChI is InChI=1S/C22H17BrN2O4/c1-13-4-9-17(29-13)20(26)18-19(15-5-7-16(23)8-6-15)25(22(28)21(18)27)12-14-3-2-10-24-11-14/h2-11,18-19H,12H2,1H3. The number of furan rings is 1. The van der Waals surface area contributed by atoms with Gasteiger partial charge in [0.15, 0.2) is 5.76 Å². The van der Waals surface area contributed by atoms with Crippen molar-refractivity contribution in [2.45, 2.75) is 19.5 Å². The Morgan fingerprint density at radius 2 is 1.90 bits per heavy atom. The molecule has 2 unspecified atom stereocenters. The molecule has 0 spiro atoms. The molecule has 1 fully saturated rings. The highest BCUT2D eigenvalue weighted by Gasteiger charge is 2.52. The summed E-state index contributed by atoms with van der Waals surface area (Å²) in [6.07, 6.45) is 3.28. The number of amides is 1. The van der Waals surface area contributed by atoms with Crippen LogP contribution in [0, 0.1) is 12.8 Å². The van der Waals surface area contributed by atoms with Gasteiger partial charge in [-0.1, -0.05) is 34.1 Å². The summed E-state index contributed by atoms with van der Waals surface area (Å²) in [4.78, 5) is 44.4. The molecule has 0 N–H and O–H groups in total. The predicted molar refractivity (Wildman–Crippen MR) is 108 cm³/mol. The molecule has 1 aromatic carbocycles. The molecule has 7 heteroatoms. The summed E-state index contributed by atoms with van der Waals surface area (Å²) in [6.45, 7) is 1.90. The Morgan fingerprint density at radius 3 is 2.52 bits per heavy atom. The summed E-state index contributed by atoms with van der Waals surface area (Å²) < 4.78 is 6.31. The van der Waals surface area contributed by atoms with E-state index in [2.05, 4.69) is 20.9 Å². The quantitative estimate of drug-likeness (QED) is 0.333. The molecule has 0 saturated carbocycles. The number of carbonyl (C=O) groups excluding carboxylic acids is 3. The van der Waals surface area contributed by atoms with Gasteiger partial charge in [0.25, 0.3) is 5.91 Å². The second-order valence-corrected chi connectivity index (χ2v) is 7.82. The third-order valence-corrected chi connectivity index (χ3v) is 5.49. The van der Waals surface area contributed by atoms with Gasteiger partial charge in [0.05, 0.1) is 6.04 Å². The normalized spacial score (nSPS) is 19.0. The minimum atomic E-state index is -1.16. The summed E-state index contributed by atoms with van der Waals surface area (Å²) in [5, 5.41) is 0. The van der Waals surface area contributed by atoms with Crippen molar-refractivity contribution in [1.82, 2.24) is 9.88 Å². The molecule has 1 saturated heterocycles. The molecule has 2 aromatic heterocycles. The lowest BCUT2D eigenvalue weighted by atomic mass is 9.88. The Labute approximate surface area is 175 Å². The van der Waals surface area contributed by atoms with E-state index < -0.39 is 29.4 Å². The highest BCUT2D eigenvalue weighted by atomic mass is 79.9. The summed E-state index contributed by atoms with van der Waals surface area (Å²) >= 11 is 3.39.